The summed E-state index contributed by atoms with van der Waals surface area (Å²) in [6.07, 6.45) is 3.33. The van der Waals surface area contributed by atoms with Gasteiger partial charge in [0.25, 0.3) is 5.91 Å². The molecule has 0 saturated heterocycles. The van der Waals surface area contributed by atoms with Crippen LogP contribution >= 0.6 is 0 Å². The number of carbonyl (C=O) groups is 1. The van der Waals surface area contributed by atoms with E-state index < -0.39 is 10.9 Å². The smallest absolute Gasteiger partial charge is 0.251 e. The fourth-order valence-electron chi connectivity index (χ4n) is 3.25. The molecule has 0 unspecified atom stereocenters. The number of benzene rings is 2. The Kier molecular flexibility index (Phi) is 6.03. The number of carbonyl (C=O) groups excluding carboxylic acids is 1. The van der Waals surface area contributed by atoms with Crippen LogP contribution in [0.3, 0.4) is 0 Å². The Balaban J connectivity index is 1.63. The van der Waals surface area contributed by atoms with E-state index in [1.54, 1.807) is 61.8 Å². The molecule has 1 amide bonds. The number of aryl methyl sites for hydroxylation is 1. The van der Waals surface area contributed by atoms with Gasteiger partial charge in [-0.2, -0.15) is 0 Å². The van der Waals surface area contributed by atoms with Crippen LogP contribution in [-0.4, -0.2) is 32.5 Å². The molecular formula is C22H21N3O5S. The normalized spacial score (nSPS) is 12.5. The van der Waals surface area contributed by atoms with E-state index in [-0.39, 0.29) is 5.91 Å². The molecule has 0 bridgehead atoms. The molecule has 1 aliphatic heterocycles. The summed E-state index contributed by atoms with van der Waals surface area (Å²) in [6.45, 7) is 2.95. The van der Waals surface area contributed by atoms with Crippen molar-refractivity contribution in [3.05, 3.63) is 77.6 Å². The number of ether oxygens (including phenoxy) is 2. The molecule has 0 saturated carbocycles. The minimum atomic E-state index is -3.02. The van der Waals surface area contributed by atoms with E-state index >= 15 is 0 Å². The maximum atomic E-state index is 12.7. The van der Waals surface area contributed by atoms with Crippen LogP contribution in [0.5, 0.6) is 11.5 Å². The summed E-state index contributed by atoms with van der Waals surface area (Å²) in [7, 11) is -3.02. The first-order valence-corrected chi connectivity index (χ1v) is 10.8. The highest BCUT2D eigenvalue weighted by Gasteiger charge is 2.20. The van der Waals surface area contributed by atoms with Gasteiger partial charge in [-0.05, 0) is 48.4 Å². The molecule has 1 N–H and O–H groups in total. The number of anilines is 2. The van der Waals surface area contributed by atoms with Crippen LogP contribution in [0.2, 0.25) is 0 Å². The lowest BCUT2D eigenvalue weighted by Gasteiger charge is -2.24. The first-order valence-electron chi connectivity index (χ1n) is 9.65. The zero-order valence-corrected chi connectivity index (χ0v) is 17.7. The van der Waals surface area contributed by atoms with E-state index in [0.717, 1.165) is 5.56 Å². The number of aromatic nitrogens is 1. The molecule has 8 nitrogen and oxygen atoms in total. The van der Waals surface area contributed by atoms with Gasteiger partial charge in [0.1, 0.15) is 13.2 Å². The SMILES string of the molecule is Cc1ccc(C(=O)NCc2cccnc2)cc1N(c1ccc2c(c1)OCCO2)[SH](=O)=O. The third kappa shape index (κ3) is 4.61. The highest BCUT2D eigenvalue weighted by molar-refractivity contribution is 7.74. The maximum Gasteiger partial charge on any atom is 0.251 e. The molecule has 2 aromatic carbocycles. The predicted octanol–water partition coefficient (Wildman–Crippen LogP) is 2.76. The number of nitrogens with one attached hydrogen (secondary N) is 1. The third-order valence-electron chi connectivity index (χ3n) is 4.81. The van der Waals surface area contributed by atoms with E-state index in [0.29, 0.717) is 53.8 Å². The first-order chi connectivity index (χ1) is 15.0. The largest absolute Gasteiger partial charge is 0.486 e. The van der Waals surface area contributed by atoms with Crippen molar-refractivity contribution in [1.82, 2.24) is 10.3 Å². The number of amides is 1. The molecule has 0 aliphatic carbocycles. The van der Waals surface area contributed by atoms with Gasteiger partial charge < -0.3 is 14.8 Å². The Morgan fingerprint density at radius 3 is 2.65 bits per heavy atom. The van der Waals surface area contributed by atoms with Crippen molar-refractivity contribution < 1.29 is 22.7 Å². The van der Waals surface area contributed by atoms with Gasteiger partial charge in [-0.25, -0.2) is 12.7 Å². The van der Waals surface area contributed by atoms with Crippen molar-refractivity contribution in [2.24, 2.45) is 0 Å². The van der Waals surface area contributed by atoms with E-state index in [1.807, 2.05) is 6.07 Å². The molecule has 9 heteroatoms. The average molecular weight is 439 g/mol. The molecule has 160 valence electrons. The molecule has 1 aromatic heterocycles. The summed E-state index contributed by atoms with van der Waals surface area (Å²) in [5.74, 6) is 0.735. The number of fused-ring (bicyclic) bond motifs is 1. The minimum absolute atomic E-state index is 0.312. The summed E-state index contributed by atoms with van der Waals surface area (Å²) in [6, 6.07) is 13.5. The van der Waals surface area contributed by atoms with Crippen molar-refractivity contribution >= 4 is 28.2 Å². The summed E-state index contributed by atoms with van der Waals surface area (Å²) in [5, 5.41) is 2.83. The number of rotatable bonds is 6. The molecule has 1 aliphatic rings. The van der Waals surface area contributed by atoms with Gasteiger partial charge in [-0.15, -0.1) is 0 Å². The Morgan fingerprint density at radius 2 is 1.90 bits per heavy atom. The molecule has 0 atom stereocenters. The fourth-order valence-corrected chi connectivity index (χ4v) is 3.96. The monoisotopic (exact) mass is 439 g/mol. The van der Waals surface area contributed by atoms with Gasteiger partial charge in [0.05, 0.1) is 11.4 Å². The van der Waals surface area contributed by atoms with Crippen LogP contribution in [-0.2, 0) is 17.4 Å². The van der Waals surface area contributed by atoms with Gasteiger partial charge in [0, 0.05) is 30.6 Å². The van der Waals surface area contributed by atoms with E-state index in [2.05, 4.69) is 10.3 Å². The highest BCUT2D eigenvalue weighted by atomic mass is 32.2. The van der Waals surface area contributed by atoms with E-state index in [4.69, 9.17) is 9.47 Å². The third-order valence-corrected chi connectivity index (χ3v) is 5.58. The average Bonchev–Trinajstić information content (AvgIpc) is 2.79. The Bertz CT molecular complexity index is 1170. The lowest BCUT2D eigenvalue weighted by Crippen LogP contribution is -2.24. The molecule has 31 heavy (non-hydrogen) atoms. The quantitative estimate of drug-likeness (QED) is 0.573. The zero-order valence-electron chi connectivity index (χ0n) is 16.8. The molecule has 0 spiro atoms. The second-order valence-electron chi connectivity index (χ2n) is 6.92. The summed E-state index contributed by atoms with van der Waals surface area (Å²) in [5.41, 5.74) is 2.71. The minimum Gasteiger partial charge on any atom is -0.486 e. The molecule has 2 heterocycles. The zero-order chi connectivity index (χ0) is 21.8. The topological polar surface area (TPSA) is 97.8 Å². The predicted molar refractivity (Wildman–Crippen MR) is 116 cm³/mol. The Hall–Kier alpha value is -3.59. The van der Waals surface area contributed by atoms with Gasteiger partial charge in [0.15, 0.2) is 11.5 Å². The number of thiol groups is 1. The van der Waals surface area contributed by atoms with Crippen LogP contribution in [0.4, 0.5) is 11.4 Å². The molecule has 0 radical (unpaired) electrons. The van der Waals surface area contributed by atoms with Crippen molar-refractivity contribution in [1.29, 1.82) is 0 Å². The van der Waals surface area contributed by atoms with Crippen LogP contribution in [0.25, 0.3) is 0 Å². The first kappa shape index (κ1) is 20.7. The second kappa shape index (κ2) is 9.05. The lowest BCUT2D eigenvalue weighted by atomic mass is 10.1. The summed E-state index contributed by atoms with van der Waals surface area (Å²) in [4.78, 5) is 16.7. The molecule has 3 aromatic rings. The van der Waals surface area contributed by atoms with Crippen molar-refractivity contribution in [3.8, 4) is 11.5 Å². The standard InChI is InChI=1S/C22H21N3O5S/c1-15-4-5-17(22(26)24-14-16-3-2-8-23-13-16)11-19(15)25(31(27)28)18-6-7-20-21(12-18)30-10-9-29-20/h2-8,11-13,31H,9-10,14H2,1H3,(H,24,26). The fraction of sp³-hybridized carbons (Fsp3) is 0.182. The molecule has 0 fully saturated rings. The van der Waals surface area contributed by atoms with E-state index in [1.165, 1.54) is 4.31 Å². The summed E-state index contributed by atoms with van der Waals surface area (Å²) >= 11 is 0. The second-order valence-corrected chi connectivity index (χ2v) is 7.80. The van der Waals surface area contributed by atoms with Crippen molar-refractivity contribution in [3.63, 3.8) is 0 Å². The van der Waals surface area contributed by atoms with Crippen LogP contribution in [0, 0.1) is 6.92 Å². The van der Waals surface area contributed by atoms with Gasteiger partial charge in [-0.1, -0.05) is 12.1 Å². The van der Waals surface area contributed by atoms with E-state index in [9.17, 15) is 13.2 Å². The number of pyridine rings is 1. The van der Waals surface area contributed by atoms with Gasteiger partial charge >= 0.3 is 0 Å². The Labute approximate surface area is 181 Å². The highest BCUT2D eigenvalue weighted by Crippen LogP contribution is 2.37. The van der Waals surface area contributed by atoms with Crippen molar-refractivity contribution in [2.75, 3.05) is 17.5 Å². The Morgan fingerprint density at radius 1 is 1.10 bits per heavy atom. The van der Waals surface area contributed by atoms with Crippen molar-refractivity contribution in [2.45, 2.75) is 13.5 Å². The summed E-state index contributed by atoms with van der Waals surface area (Å²) < 4.78 is 36.6. The number of hydrogen-bond acceptors (Lipinski definition) is 6. The number of nitrogens with zero attached hydrogens (tertiary/aromatic N) is 2. The maximum absolute atomic E-state index is 12.7. The van der Waals surface area contributed by atoms with Crippen LogP contribution < -0.4 is 19.1 Å². The van der Waals surface area contributed by atoms with Gasteiger partial charge in [0.2, 0.25) is 10.9 Å². The molecular weight excluding hydrogens is 418 g/mol. The van der Waals surface area contributed by atoms with Gasteiger partial charge in [-0.3, -0.25) is 9.78 Å². The van der Waals surface area contributed by atoms with Crippen LogP contribution in [0.15, 0.2) is 60.9 Å². The lowest BCUT2D eigenvalue weighted by molar-refractivity contribution is 0.0951. The molecule has 4 rings (SSSR count). The number of hydrogen-bond donors (Lipinski definition) is 2. The van der Waals surface area contributed by atoms with Crippen LogP contribution in [0.1, 0.15) is 21.5 Å².